The maximum atomic E-state index is 12.1. The van der Waals surface area contributed by atoms with Crippen LogP contribution in [0.4, 0.5) is 0 Å². The highest BCUT2D eigenvalue weighted by atomic mass is 32.2. The van der Waals surface area contributed by atoms with Crippen molar-refractivity contribution >= 4 is 17.7 Å². The summed E-state index contributed by atoms with van der Waals surface area (Å²) >= 11 is 1.36. The fourth-order valence-electron chi connectivity index (χ4n) is 2.74. The summed E-state index contributed by atoms with van der Waals surface area (Å²) in [4.78, 5) is 12.1. The summed E-state index contributed by atoms with van der Waals surface area (Å²) in [6, 6.07) is 15.9. The van der Waals surface area contributed by atoms with Gasteiger partial charge in [0.1, 0.15) is 12.4 Å². The van der Waals surface area contributed by atoms with Gasteiger partial charge < -0.3 is 14.6 Å². The van der Waals surface area contributed by atoms with E-state index >= 15 is 0 Å². The van der Waals surface area contributed by atoms with E-state index in [1.807, 2.05) is 74.0 Å². The lowest BCUT2D eigenvalue weighted by Crippen LogP contribution is -2.24. The van der Waals surface area contributed by atoms with Crippen LogP contribution in [0.15, 0.2) is 53.7 Å². The summed E-state index contributed by atoms with van der Waals surface area (Å²) in [5, 5.41) is 12.0. The van der Waals surface area contributed by atoms with Crippen LogP contribution < -0.4 is 10.1 Å². The van der Waals surface area contributed by atoms with Crippen molar-refractivity contribution in [3.8, 4) is 5.75 Å². The molecule has 1 N–H and O–H groups in total. The Morgan fingerprint density at radius 3 is 2.50 bits per heavy atom. The van der Waals surface area contributed by atoms with Crippen LogP contribution >= 0.6 is 11.8 Å². The first-order chi connectivity index (χ1) is 13.5. The highest BCUT2D eigenvalue weighted by Gasteiger charge is 2.13. The molecule has 0 saturated carbocycles. The summed E-state index contributed by atoms with van der Waals surface area (Å²) in [7, 11) is 1.88. The molecule has 0 atom stereocenters. The number of hydrogen-bond acceptors (Lipinski definition) is 5. The van der Waals surface area contributed by atoms with Crippen molar-refractivity contribution in [2.45, 2.75) is 32.2 Å². The number of thioether (sulfide) groups is 1. The molecule has 3 rings (SSSR count). The van der Waals surface area contributed by atoms with Crippen molar-refractivity contribution in [3.63, 3.8) is 0 Å². The number of benzene rings is 2. The zero-order valence-electron chi connectivity index (χ0n) is 16.3. The van der Waals surface area contributed by atoms with Gasteiger partial charge in [-0.1, -0.05) is 60.3 Å². The molecule has 1 amide bonds. The number of rotatable bonds is 8. The van der Waals surface area contributed by atoms with Crippen LogP contribution in [0, 0.1) is 13.8 Å². The smallest absolute Gasteiger partial charge is 0.230 e. The maximum absolute atomic E-state index is 12.1. The highest BCUT2D eigenvalue weighted by Crippen LogP contribution is 2.23. The number of carbonyl (C=O) groups is 1. The predicted molar refractivity (Wildman–Crippen MR) is 110 cm³/mol. The lowest BCUT2D eigenvalue weighted by atomic mass is 10.1. The Labute approximate surface area is 169 Å². The summed E-state index contributed by atoms with van der Waals surface area (Å²) in [6.45, 7) is 4.90. The molecule has 2 aromatic carbocycles. The van der Waals surface area contributed by atoms with Gasteiger partial charge in [0.05, 0.1) is 5.75 Å². The SMILES string of the molecule is Cc1cccc(C)c1OCc1nnc(SCC(=O)NCc2ccccc2)n1C. The van der Waals surface area contributed by atoms with Crippen molar-refractivity contribution in [3.05, 3.63) is 71.0 Å². The van der Waals surface area contributed by atoms with Crippen LogP contribution in [0.5, 0.6) is 5.75 Å². The average molecular weight is 397 g/mol. The molecule has 0 saturated heterocycles. The molecule has 7 heteroatoms. The molecular weight excluding hydrogens is 372 g/mol. The predicted octanol–water partition coefficient (Wildman–Crippen LogP) is 3.42. The summed E-state index contributed by atoms with van der Waals surface area (Å²) in [5.74, 6) is 1.84. The largest absolute Gasteiger partial charge is 0.485 e. The van der Waals surface area contributed by atoms with Crippen LogP contribution in [0.3, 0.4) is 0 Å². The first-order valence-electron chi connectivity index (χ1n) is 9.05. The van der Waals surface area contributed by atoms with E-state index in [0.717, 1.165) is 28.3 Å². The van der Waals surface area contributed by atoms with Gasteiger partial charge in [0, 0.05) is 13.6 Å². The van der Waals surface area contributed by atoms with Crippen molar-refractivity contribution in [2.75, 3.05) is 5.75 Å². The first-order valence-corrected chi connectivity index (χ1v) is 10.0. The Morgan fingerprint density at radius 2 is 1.79 bits per heavy atom. The number of para-hydroxylation sites is 1. The molecule has 0 spiro atoms. The maximum Gasteiger partial charge on any atom is 0.230 e. The second kappa shape index (κ2) is 9.41. The van der Waals surface area contributed by atoms with E-state index in [0.29, 0.717) is 18.3 Å². The van der Waals surface area contributed by atoms with E-state index in [9.17, 15) is 4.79 Å². The molecule has 0 bridgehead atoms. The number of ether oxygens (including phenoxy) is 1. The van der Waals surface area contributed by atoms with Gasteiger partial charge in [0.2, 0.25) is 5.91 Å². The molecular formula is C21H24N4O2S. The van der Waals surface area contributed by atoms with Gasteiger partial charge in [-0.3, -0.25) is 4.79 Å². The van der Waals surface area contributed by atoms with E-state index < -0.39 is 0 Å². The quantitative estimate of drug-likeness (QED) is 0.591. The summed E-state index contributed by atoms with van der Waals surface area (Å²) in [5.41, 5.74) is 3.25. The average Bonchev–Trinajstić information content (AvgIpc) is 3.05. The molecule has 0 radical (unpaired) electrons. The van der Waals surface area contributed by atoms with Gasteiger partial charge >= 0.3 is 0 Å². The molecule has 0 aliphatic heterocycles. The molecule has 1 heterocycles. The van der Waals surface area contributed by atoms with E-state index in [4.69, 9.17) is 4.74 Å². The zero-order valence-corrected chi connectivity index (χ0v) is 17.1. The molecule has 0 unspecified atom stereocenters. The number of carbonyl (C=O) groups excluding carboxylic acids is 1. The van der Waals surface area contributed by atoms with E-state index in [1.54, 1.807) is 0 Å². The number of amides is 1. The third kappa shape index (κ3) is 5.13. The second-order valence-corrected chi connectivity index (χ2v) is 7.46. The third-order valence-corrected chi connectivity index (χ3v) is 5.36. The van der Waals surface area contributed by atoms with Gasteiger partial charge in [-0.15, -0.1) is 10.2 Å². The summed E-state index contributed by atoms with van der Waals surface area (Å²) in [6.07, 6.45) is 0. The van der Waals surface area contributed by atoms with Crippen molar-refractivity contribution < 1.29 is 9.53 Å². The van der Waals surface area contributed by atoms with Crippen molar-refractivity contribution in [1.82, 2.24) is 20.1 Å². The van der Waals surface area contributed by atoms with Crippen LogP contribution in [0.25, 0.3) is 0 Å². The van der Waals surface area contributed by atoms with Gasteiger partial charge in [-0.2, -0.15) is 0 Å². The van der Waals surface area contributed by atoms with Gasteiger partial charge in [0.25, 0.3) is 0 Å². The molecule has 6 nitrogen and oxygen atoms in total. The van der Waals surface area contributed by atoms with Gasteiger partial charge in [-0.05, 0) is 30.5 Å². The Balaban J connectivity index is 1.51. The van der Waals surface area contributed by atoms with Crippen molar-refractivity contribution in [2.24, 2.45) is 7.05 Å². The Hall–Kier alpha value is -2.80. The zero-order chi connectivity index (χ0) is 19.9. The van der Waals surface area contributed by atoms with Gasteiger partial charge in [0.15, 0.2) is 11.0 Å². The minimum absolute atomic E-state index is 0.0369. The van der Waals surface area contributed by atoms with Crippen LogP contribution in [0.1, 0.15) is 22.5 Å². The standard InChI is InChI=1S/C21H24N4O2S/c1-15-8-7-9-16(2)20(15)27-13-18-23-24-21(25(18)3)28-14-19(26)22-12-17-10-5-4-6-11-17/h4-11H,12-14H2,1-3H3,(H,22,26). The number of nitrogens with one attached hydrogen (secondary N) is 1. The van der Waals surface area contributed by atoms with Gasteiger partial charge in [-0.25, -0.2) is 0 Å². The Bertz CT molecular complexity index is 921. The number of aryl methyl sites for hydroxylation is 2. The Morgan fingerprint density at radius 1 is 1.07 bits per heavy atom. The molecule has 146 valence electrons. The van der Waals surface area contributed by atoms with E-state index in [1.165, 1.54) is 11.8 Å². The van der Waals surface area contributed by atoms with E-state index in [2.05, 4.69) is 15.5 Å². The molecule has 0 aliphatic carbocycles. The number of aromatic nitrogens is 3. The molecule has 28 heavy (non-hydrogen) atoms. The molecule has 0 fully saturated rings. The van der Waals surface area contributed by atoms with Crippen LogP contribution in [0.2, 0.25) is 0 Å². The van der Waals surface area contributed by atoms with E-state index in [-0.39, 0.29) is 11.7 Å². The molecule has 0 aliphatic rings. The topological polar surface area (TPSA) is 69.0 Å². The van der Waals surface area contributed by atoms with Crippen LogP contribution in [-0.4, -0.2) is 26.4 Å². The molecule has 1 aromatic heterocycles. The van der Waals surface area contributed by atoms with Crippen molar-refractivity contribution in [1.29, 1.82) is 0 Å². The normalized spacial score (nSPS) is 10.7. The lowest BCUT2D eigenvalue weighted by Gasteiger charge is -2.11. The monoisotopic (exact) mass is 396 g/mol. The second-order valence-electron chi connectivity index (χ2n) is 6.52. The molecule has 3 aromatic rings. The summed E-state index contributed by atoms with van der Waals surface area (Å²) < 4.78 is 7.81. The number of hydrogen-bond donors (Lipinski definition) is 1. The Kier molecular flexibility index (Phi) is 6.71. The highest BCUT2D eigenvalue weighted by molar-refractivity contribution is 7.99. The number of nitrogens with zero attached hydrogens (tertiary/aromatic N) is 3. The lowest BCUT2D eigenvalue weighted by molar-refractivity contribution is -0.118. The minimum atomic E-state index is -0.0369. The fraction of sp³-hybridized carbons (Fsp3) is 0.286. The third-order valence-electron chi connectivity index (χ3n) is 4.34. The minimum Gasteiger partial charge on any atom is -0.485 e. The van der Waals surface area contributed by atoms with Crippen LogP contribution in [-0.2, 0) is 25.0 Å². The first kappa shape index (κ1) is 19.9. The fourth-order valence-corrected chi connectivity index (χ4v) is 3.50.